The highest BCUT2D eigenvalue weighted by Gasteiger charge is 2.40. The lowest BCUT2D eigenvalue weighted by Gasteiger charge is -2.40. The van der Waals surface area contributed by atoms with E-state index < -0.39 is 0 Å². The molecule has 3 nitrogen and oxygen atoms in total. The van der Waals surface area contributed by atoms with Gasteiger partial charge in [0.05, 0.1) is 0 Å². The second-order valence-electron chi connectivity index (χ2n) is 6.62. The Morgan fingerprint density at radius 3 is 2.62 bits per heavy atom. The van der Waals surface area contributed by atoms with Gasteiger partial charge in [-0.15, -0.1) is 0 Å². The van der Waals surface area contributed by atoms with Crippen molar-refractivity contribution in [2.24, 2.45) is 5.92 Å². The van der Waals surface area contributed by atoms with Crippen LogP contribution >= 0.6 is 15.9 Å². The number of rotatable bonds is 5. The molecule has 21 heavy (non-hydrogen) atoms. The zero-order chi connectivity index (χ0) is 14.8. The maximum Gasteiger partial charge on any atom is 0.0420 e. The molecule has 4 heteroatoms. The van der Waals surface area contributed by atoms with Gasteiger partial charge in [-0.2, -0.15) is 0 Å². The van der Waals surface area contributed by atoms with E-state index in [4.69, 9.17) is 0 Å². The van der Waals surface area contributed by atoms with Crippen LogP contribution in [0.3, 0.4) is 0 Å². The van der Waals surface area contributed by atoms with Crippen molar-refractivity contribution in [1.82, 2.24) is 15.2 Å². The van der Waals surface area contributed by atoms with Crippen molar-refractivity contribution < 1.29 is 0 Å². The summed E-state index contributed by atoms with van der Waals surface area (Å²) < 4.78 is 1.06. The molecule has 3 rings (SSSR count). The summed E-state index contributed by atoms with van der Waals surface area (Å²) >= 11 is 3.47. The fourth-order valence-corrected chi connectivity index (χ4v) is 4.44. The van der Waals surface area contributed by atoms with Crippen molar-refractivity contribution in [3.63, 3.8) is 0 Å². The number of halogens is 1. The molecular formula is C17H26BrN3. The first-order chi connectivity index (χ1) is 10.2. The van der Waals surface area contributed by atoms with Crippen molar-refractivity contribution in [1.29, 1.82) is 0 Å². The van der Waals surface area contributed by atoms with Gasteiger partial charge in [-0.3, -0.25) is 4.98 Å². The molecule has 1 aromatic rings. The molecule has 1 N–H and O–H groups in total. The quantitative estimate of drug-likeness (QED) is 0.882. The Balaban J connectivity index is 1.68. The second kappa shape index (κ2) is 6.76. The number of pyridine rings is 1. The van der Waals surface area contributed by atoms with Crippen LogP contribution in [-0.2, 0) is 6.42 Å². The van der Waals surface area contributed by atoms with Crippen LogP contribution in [0.5, 0.6) is 0 Å². The zero-order valence-corrected chi connectivity index (χ0v) is 14.6. The minimum atomic E-state index is 0.570. The fraction of sp³-hybridized carbons (Fsp3) is 0.706. The maximum atomic E-state index is 4.57. The van der Waals surface area contributed by atoms with E-state index in [9.17, 15) is 0 Å². The molecule has 1 aromatic heterocycles. The lowest BCUT2D eigenvalue weighted by Crippen LogP contribution is -2.47. The van der Waals surface area contributed by atoms with Gasteiger partial charge in [0.1, 0.15) is 0 Å². The average molecular weight is 352 g/mol. The Labute approximate surface area is 136 Å². The third kappa shape index (κ3) is 3.49. The van der Waals surface area contributed by atoms with Gasteiger partial charge in [0.2, 0.25) is 0 Å². The summed E-state index contributed by atoms with van der Waals surface area (Å²) in [5.41, 5.74) is 1.20. The highest BCUT2D eigenvalue weighted by molar-refractivity contribution is 9.10. The Morgan fingerprint density at radius 1 is 1.33 bits per heavy atom. The molecule has 0 aliphatic carbocycles. The van der Waals surface area contributed by atoms with E-state index in [1.165, 1.54) is 31.4 Å². The number of aromatic nitrogens is 1. The summed E-state index contributed by atoms with van der Waals surface area (Å²) in [6.45, 7) is 3.26. The SMILES string of the molecule is CCNC(Cc1ccc(Br)cn1)C1CC2CCC(C1)N2C. The van der Waals surface area contributed by atoms with Gasteiger partial charge in [-0.05, 0) is 73.3 Å². The Hall–Kier alpha value is -0.450. The van der Waals surface area contributed by atoms with E-state index in [1.807, 2.05) is 6.20 Å². The summed E-state index contributed by atoms with van der Waals surface area (Å²) in [4.78, 5) is 7.19. The van der Waals surface area contributed by atoms with Gasteiger partial charge in [0.15, 0.2) is 0 Å². The molecule has 3 atom stereocenters. The van der Waals surface area contributed by atoms with Crippen LogP contribution in [0.25, 0.3) is 0 Å². The first-order valence-corrected chi connectivity index (χ1v) is 9.02. The number of nitrogens with one attached hydrogen (secondary N) is 1. The number of nitrogens with zero attached hydrogens (tertiary/aromatic N) is 2. The van der Waals surface area contributed by atoms with E-state index in [0.717, 1.165) is 35.4 Å². The van der Waals surface area contributed by atoms with Crippen LogP contribution in [0.1, 0.15) is 38.3 Å². The molecule has 3 unspecified atom stereocenters. The number of piperidine rings is 1. The number of fused-ring (bicyclic) bond motifs is 2. The molecular weight excluding hydrogens is 326 g/mol. The summed E-state index contributed by atoms with van der Waals surface area (Å²) in [6, 6.07) is 6.45. The van der Waals surface area contributed by atoms with Crippen LogP contribution < -0.4 is 5.32 Å². The number of hydrogen-bond acceptors (Lipinski definition) is 3. The van der Waals surface area contributed by atoms with Gasteiger partial charge in [-0.1, -0.05) is 6.92 Å². The minimum absolute atomic E-state index is 0.570. The molecule has 116 valence electrons. The number of hydrogen-bond donors (Lipinski definition) is 1. The Morgan fingerprint density at radius 2 is 2.05 bits per heavy atom. The molecule has 0 amide bonds. The number of likely N-dealkylation sites (N-methyl/N-ethyl adjacent to an activating group) is 1. The smallest absolute Gasteiger partial charge is 0.0420 e. The van der Waals surface area contributed by atoms with E-state index in [0.29, 0.717) is 6.04 Å². The summed E-state index contributed by atoms with van der Waals surface area (Å²) in [7, 11) is 2.32. The fourth-order valence-electron chi connectivity index (χ4n) is 4.20. The van der Waals surface area contributed by atoms with Crippen LogP contribution in [0, 0.1) is 5.92 Å². The standard InChI is InChI=1S/C17H26BrN3/c1-3-19-17(10-14-5-4-13(18)11-20-14)12-8-15-6-7-16(9-12)21(15)2/h4-5,11-12,15-17,19H,3,6-10H2,1-2H3. The highest BCUT2D eigenvalue weighted by Crippen LogP contribution is 2.39. The van der Waals surface area contributed by atoms with Crippen molar-refractivity contribution in [3.05, 3.63) is 28.5 Å². The highest BCUT2D eigenvalue weighted by atomic mass is 79.9. The van der Waals surface area contributed by atoms with Crippen LogP contribution in [0.4, 0.5) is 0 Å². The third-order valence-corrected chi connectivity index (χ3v) is 5.86. The predicted octanol–water partition coefficient (Wildman–Crippen LogP) is 3.24. The van der Waals surface area contributed by atoms with Crippen molar-refractivity contribution in [2.45, 2.75) is 57.2 Å². The molecule has 2 aliphatic rings. The molecule has 0 radical (unpaired) electrons. The lowest BCUT2D eigenvalue weighted by atomic mass is 9.83. The normalized spacial score (nSPS) is 30.5. The van der Waals surface area contributed by atoms with Crippen molar-refractivity contribution in [2.75, 3.05) is 13.6 Å². The molecule has 0 saturated carbocycles. The minimum Gasteiger partial charge on any atom is -0.314 e. The third-order valence-electron chi connectivity index (χ3n) is 5.39. The molecule has 2 bridgehead atoms. The van der Waals surface area contributed by atoms with E-state index in [1.54, 1.807) is 0 Å². The van der Waals surface area contributed by atoms with Crippen LogP contribution in [-0.4, -0.2) is 41.6 Å². The molecule has 2 aliphatic heterocycles. The average Bonchev–Trinajstić information content (AvgIpc) is 2.71. The first-order valence-electron chi connectivity index (χ1n) is 8.23. The Bertz CT molecular complexity index is 448. The summed E-state index contributed by atoms with van der Waals surface area (Å²) in [5, 5.41) is 3.73. The van der Waals surface area contributed by atoms with Crippen LogP contribution in [0.2, 0.25) is 0 Å². The van der Waals surface area contributed by atoms with Gasteiger partial charge in [-0.25, -0.2) is 0 Å². The molecule has 2 fully saturated rings. The van der Waals surface area contributed by atoms with Crippen molar-refractivity contribution in [3.8, 4) is 0 Å². The summed E-state index contributed by atoms with van der Waals surface area (Å²) in [5.74, 6) is 0.795. The van der Waals surface area contributed by atoms with E-state index in [-0.39, 0.29) is 0 Å². The van der Waals surface area contributed by atoms with Gasteiger partial charge >= 0.3 is 0 Å². The Kier molecular flexibility index (Phi) is 4.97. The molecule has 0 aromatic carbocycles. The molecule has 0 spiro atoms. The van der Waals surface area contributed by atoms with Gasteiger partial charge in [0.25, 0.3) is 0 Å². The maximum absolute atomic E-state index is 4.57. The van der Waals surface area contributed by atoms with Gasteiger partial charge in [0, 0.05) is 40.9 Å². The topological polar surface area (TPSA) is 28.2 Å². The predicted molar refractivity (Wildman–Crippen MR) is 90.4 cm³/mol. The molecule has 2 saturated heterocycles. The first kappa shape index (κ1) is 15.4. The molecule has 3 heterocycles. The lowest BCUT2D eigenvalue weighted by molar-refractivity contribution is 0.112. The van der Waals surface area contributed by atoms with E-state index in [2.05, 4.69) is 57.2 Å². The largest absolute Gasteiger partial charge is 0.314 e. The zero-order valence-electron chi connectivity index (χ0n) is 13.1. The van der Waals surface area contributed by atoms with E-state index >= 15 is 0 Å². The summed E-state index contributed by atoms with van der Waals surface area (Å²) in [6.07, 6.45) is 8.45. The van der Waals surface area contributed by atoms with Crippen molar-refractivity contribution >= 4 is 15.9 Å². The second-order valence-corrected chi connectivity index (χ2v) is 7.53. The van der Waals surface area contributed by atoms with Gasteiger partial charge < -0.3 is 10.2 Å². The monoisotopic (exact) mass is 351 g/mol. The van der Waals surface area contributed by atoms with Crippen LogP contribution in [0.15, 0.2) is 22.8 Å².